The van der Waals surface area contributed by atoms with Crippen molar-refractivity contribution in [1.29, 1.82) is 0 Å². The predicted molar refractivity (Wildman–Crippen MR) is 96.4 cm³/mol. The van der Waals surface area contributed by atoms with E-state index in [1.165, 1.54) is 0 Å². The summed E-state index contributed by atoms with van der Waals surface area (Å²) in [7, 11) is 0. The summed E-state index contributed by atoms with van der Waals surface area (Å²) < 4.78 is 43.4. The third-order valence-electron chi connectivity index (χ3n) is 3.96. The van der Waals surface area contributed by atoms with Crippen molar-refractivity contribution in [2.75, 3.05) is 23.3 Å². The molecule has 0 saturated carbocycles. The van der Waals surface area contributed by atoms with Gasteiger partial charge in [-0.2, -0.15) is 13.2 Å². The second-order valence-corrected chi connectivity index (χ2v) is 6.76. The van der Waals surface area contributed by atoms with Gasteiger partial charge in [-0.1, -0.05) is 23.2 Å². The van der Waals surface area contributed by atoms with Crippen molar-refractivity contribution in [1.82, 2.24) is 4.98 Å². The van der Waals surface area contributed by atoms with Crippen molar-refractivity contribution < 1.29 is 22.7 Å². The number of pyridine rings is 1. The molecule has 1 fully saturated rings. The molecule has 1 aromatic carbocycles. The highest BCUT2D eigenvalue weighted by atomic mass is 35.5. The number of benzene rings is 1. The molecule has 0 radical (unpaired) electrons. The van der Waals surface area contributed by atoms with Gasteiger partial charge in [-0.25, -0.2) is 9.78 Å². The van der Waals surface area contributed by atoms with Gasteiger partial charge in [-0.05, 0) is 30.3 Å². The highest BCUT2D eigenvalue weighted by Crippen LogP contribution is 2.34. The molecule has 1 atom stereocenters. The van der Waals surface area contributed by atoms with Crippen LogP contribution in [-0.4, -0.2) is 30.3 Å². The standard InChI is InChI=1S/C17H14Cl2F3N3O2/c18-11-1-3-12(4-2-11)24-16(26)27-13-5-6-25(9-13)15-14(19)7-10(8-23-15)17(20,21)22/h1-4,7-8,13H,5-6,9H2,(H,24,26). The lowest BCUT2D eigenvalue weighted by Crippen LogP contribution is -2.27. The van der Waals surface area contributed by atoms with Crippen LogP contribution in [0.5, 0.6) is 0 Å². The number of ether oxygens (including phenoxy) is 1. The number of amides is 1. The summed E-state index contributed by atoms with van der Waals surface area (Å²) in [6.07, 6.45) is -4.32. The molecular weight excluding hydrogens is 406 g/mol. The van der Waals surface area contributed by atoms with E-state index in [0.29, 0.717) is 23.7 Å². The highest BCUT2D eigenvalue weighted by Gasteiger charge is 2.33. The van der Waals surface area contributed by atoms with Crippen LogP contribution in [0, 0.1) is 0 Å². The van der Waals surface area contributed by atoms with Gasteiger partial charge in [0, 0.05) is 29.9 Å². The van der Waals surface area contributed by atoms with Crippen molar-refractivity contribution in [2.45, 2.75) is 18.7 Å². The molecule has 0 spiro atoms. The van der Waals surface area contributed by atoms with Crippen molar-refractivity contribution in [3.8, 4) is 0 Å². The summed E-state index contributed by atoms with van der Waals surface area (Å²) in [5, 5.41) is 3.02. The average molecular weight is 420 g/mol. The molecular formula is C17H14Cl2F3N3O2. The maximum atomic E-state index is 12.7. The summed E-state index contributed by atoms with van der Waals surface area (Å²) in [6, 6.07) is 7.37. The Morgan fingerprint density at radius 3 is 2.59 bits per heavy atom. The first-order valence-corrected chi connectivity index (χ1v) is 8.69. The van der Waals surface area contributed by atoms with Crippen LogP contribution >= 0.6 is 23.2 Å². The van der Waals surface area contributed by atoms with Crippen molar-refractivity contribution in [3.05, 3.63) is 52.1 Å². The Labute approximate surface area is 163 Å². The van der Waals surface area contributed by atoms with Crippen molar-refractivity contribution >= 4 is 40.8 Å². The summed E-state index contributed by atoms with van der Waals surface area (Å²) >= 11 is 11.7. The van der Waals surface area contributed by atoms with Gasteiger partial charge in [-0.15, -0.1) is 0 Å². The lowest BCUT2D eigenvalue weighted by molar-refractivity contribution is -0.137. The molecule has 1 N–H and O–H groups in total. The molecule has 2 aromatic rings. The lowest BCUT2D eigenvalue weighted by Gasteiger charge is -2.19. The van der Waals surface area contributed by atoms with Gasteiger partial charge in [0.2, 0.25) is 0 Å². The van der Waals surface area contributed by atoms with Crippen LogP contribution in [0.1, 0.15) is 12.0 Å². The molecule has 0 aliphatic carbocycles. The summed E-state index contributed by atoms with van der Waals surface area (Å²) in [4.78, 5) is 17.5. The van der Waals surface area contributed by atoms with Gasteiger partial charge in [0.1, 0.15) is 11.9 Å². The Hall–Kier alpha value is -2.19. The highest BCUT2D eigenvalue weighted by molar-refractivity contribution is 6.33. The number of carbonyl (C=O) groups excluding carboxylic acids is 1. The number of rotatable bonds is 3. The topological polar surface area (TPSA) is 54.5 Å². The zero-order chi connectivity index (χ0) is 19.6. The van der Waals surface area contributed by atoms with E-state index >= 15 is 0 Å². The molecule has 1 unspecified atom stereocenters. The predicted octanol–water partition coefficient (Wildman–Crippen LogP) is 5.23. The molecule has 27 heavy (non-hydrogen) atoms. The minimum Gasteiger partial charge on any atom is -0.444 e. The van der Waals surface area contributed by atoms with Gasteiger partial charge in [0.05, 0.1) is 17.1 Å². The Morgan fingerprint density at radius 1 is 1.26 bits per heavy atom. The molecule has 1 saturated heterocycles. The fraction of sp³-hybridized carbons (Fsp3) is 0.294. The third-order valence-corrected chi connectivity index (χ3v) is 4.49. The molecule has 1 amide bonds. The summed E-state index contributed by atoms with van der Waals surface area (Å²) in [5.74, 6) is 0.230. The molecule has 1 aliphatic rings. The number of carbonyl (C=O) groups is 1. The first kappa shape index (κ1) is 19.6. The zero-order valence-corrected chi connectivity index (χ0v) is 15.3. The molecule has 1 aromatic heterocycles. The van der Waals surface area contributed by atoms with E-state index in [0.717, 1.165) is 12.3 Å². The van der Waals surface area contributed by atoms with Crippen LogP contribution in [0.2, 0.25) is 10.0 Å². The second kappa shape index (κ2) is 7.82. The number of aromatic nitrogens is 1. The first-order chi connectivity index (χ1) is 12.7. The first-order valence-electron chi connectivity index (χ1n) is 7.93. The number of alkyl halides is 3. The van der Waals surface area contributed by atoms with Crippen LogP contribution in [0.4, 0.5) is 29.5 Å². The maximum absolute atomic E-state index is 12.7. The van der Waals surface area contributed by atoms with Crippen LogP contribution in [-0.2, 0) is 10.9 Å². The van der Waals surface area contributed by atoms with E-state index in [9.17, 15) is 18.0 Å². The van der Waals surface area contributed by atoms with Crippen molar-refractivity contribution in [2.24, 2.45) is 0 Å². The summed E-state index contributed by atoms with van der Waals surface area (Å²) in [6.45, 7) is 0.739. The van der Waals surface area contributed by atoms with E-state index < -0.39 is 23.9 Å². The lowest BCUT2D eigenvalue weighted by atomic mass is 10.2. The second-order valence-electron chi connectivity index (χ2n) is 5.92. The number of nitrogens with one attached hydrogen (secondary N) is 1. The summed E-state index contributed by atoms with van der Waals surface area (Å²) in [5.41, 5.74) is -0.378. The SMILES string of the molecule is O=C(Nc1ccc(Cl)cc1)OC1CCN(c2ncc(C(F)(F)F)cc2Cl)C1. The van der Waals surface area contributed by atoms with E-state index in [1.54, 1.807) is 29.2 Å². The van der Waals surface area contributed by atoms with Crippen LogP contribution in [0.15, 0.2) is 36.5 Å². The van der Waals surface area contributed by atoms with E-state index in [2.05, 4.69) is 10.3 Å². The van der Waals surface area contributed by atoms with E-state index in [4.69, 9.17) is 27.9 Å². The Bertz CT molecular complexity index is 831. The third kappa shape index (κ3) is 4.95. The molecule has 1 aliphatic heterocycles. The Balaban J connectivity index is 1.58. The van der Waals surface area contributed by atoms with Gasteiger partial charge >= 0.3 is 12.3 Å². The molecule has 0 bridgehead atoms. The number of hydrogen-bond donors (Lipinski definition) is 1. The maximum Gasteiger partial charge on any atom is 0.417 e. The Kier molecular flexibility index (Phi) is 5.67. The van der Waals surface area contributed by atoms with Gasteiger partial charge in [0.15, 0.2) is 0 Å². The Morgan fingerprint density at radius 2 is 1.96 bits per heavy atom. The zero-order valence-electron chi connectivity index (χ0n) is 13.8. The number of hydrogen-bond acceptors (Lipinski definition) is 4. The minimum atomic E-state index is -4.51. The largest absolute Gasteiger partial charge is 0.444 e. The molecule has 3 rings (SSSR count). The molecule has 5 nitrogen and oxygen atoms in total. The normalized spacial score (nSPS) is 17.1. The van der Waals surface area contributed by atoms with Gasteiger partial charge in [0.25, 0.3) is 0 Å². The molecule has 144 valence electrons. The van der Waals surface area contributed by atoms with Crippen LogP contribution in [0.3, 0.4) is 0 Å². The number of nitrogens with zero attached hydrogens (tertiary/aromatic N) is 2. The fourth-order valence-corrected chi connectivity index (χ4v) is 3.08. The molecule has 10 heteroatoms. The van der Waals surface area contributed by atoms with Crippen LogP contribution in [0.25, 0.3) is 0 Å². The van der Waals surface area contributed by atoms with Gasteiger partial charge in [-0.3, -0.25) is 5.32 Å². The van der Waals surface area contributed by atoms with Crippen molar-refractivity contribution in [3.63, 3.8) is 0 Å². The number of anilines is 2. The van der Waals surface area contributed by atoms with Crippen LogP contribution < -0.4 is 10.2 Å². The number of halogens is 5. The minimum absolute atomic E-state index is 0.101. The van der Waals surface area contributed by atoms with Gasteiger partial charge < -0.3 is 9.64 Å². The monoisotopic (exact) mass is 419 g/mol. The fourth-order valence-electron chi connectivity index (χ4n) is 2.67. The molecule has 2 heterocycles. The quantitative estimate of drug-likeness (QED) is 0.739. The van der Waals surface area contributed by atoms with E-state index in [-0.39, 0.29) is 17.4 Å². The smallest absolute Gasteiger partial charge is 0.417 e. The van der Waals surface area contributed by atoms with E-state index in [1.807, 2.05) is 0 Å². The average Bonchev–Trinajstić information content (AvgIpc) is 3.04.